The van der Waals surface area contributed by atoms with Crippen LogP contribution >= 0.6 is 0 Å². The van der Waals surface area contributed by atoms with Crippen LogP contribution in [0.5, 0.6) is 0 Å². The van der Waals surface area contributed by atoms with Crippen LogP contribution in [0.1, 0.15) is 32.8 Å². The van der Waals surface area contributed by atoms with Crippen LogP contribution in [0.25, 0.3) is 0 Å². The summed E-state index contributed by atoms with van der Waals surface area (Å²) in [6, 6.07) is 3.67. The fraction of sp³-hybridized carbons (Fsp3) is 0.538. The fourth-order valence-electron chi connectivity index (χ4n) is 1.42. The van der Waals surface area contributed by atoms with Crippen LogP contribution in [0.3, 0.4) is 0 Å². The van der Waals surface area contributed by atoms with Gasteiger partial charge in [0.2, 0.25) is 0 Å². The van der Waals surface area contributed by atoms with Crippen LogP contribution in [0.15, 0.2) is 18.3 Å². The Morgan fingerprint density at radius 1 is 1.50 bits per heavy atom. The minimum atomic E-state index is -0.538. The SMILES string of the molecule is CC(C)(C)OC(=O)Nc1ncccc1CCCO. The van der Waals surface area contributed by atoms with Gasteiger partial charge in [-0.25, -0.2) is 9.78 Å². The van der Waals surface area contributed by atoms with Gasteiger partial charge < -0.3 is 9.84 Å². The van der Waals surface area contributed by atoms with Crippen molar-refractivity contribution in [2.24, 2.45) is 0 Å². The molecule has 0 aromatic carbocycles. The number of hydrogen-bond donors (Lipinski definition) is 2. The van der Waals surface area contributed by atoms with Crippen LogP contribution in [0.4, 0.5) is 10.6 Å². The maximum absolute atomic E-state index is 11.6. The second-order valence-electron chi connectivity index (χ2n) is 4.97. The van der Waals surface area contributed by atoms with Crippen molar-refractivity contribution in [3.05, 3.63) is 23.9 Å². The van der Waals surface area contributed by atoms with Gasteiger partial charge in [0.05, 0.1) is 0 Å². The van der Waals surface area contributed by atoms with Crippen LogP contribution in [0, 0.1) is 0 Å². The molecule has 0 unspecified atom stereocenters. The number of ether oxygens (including phenoxy) is 1. The summed E-state index contributed by atoms with van der Waals surface area (Å²) in [6.07, 6.45) is 2.38. The third-order valence-corrected chi connectivity index (χ3v) is 2.11. The Hall–Kier alpha value is -1.62. The second-order valence-corrected chi connectivity index (χ2v) is 4.97. The van der Waals surface area contributed by atoms with E-state index >= 15 is 0 Å². The van der Waals surface area contributed by atoms with E-state index in [1.807, 2.05) is 6.07 Å². The molecular weight excluding hydrogens is 232 g/mol. The lowest BCUT2D eigenvalue weighted by Crippen LogP contribution is -2.27. The molecule has 0 radical (unpaired) electrons. The summed E-state index contributed by atoms with van der Waals surface area (Å²) < 4.78 is 5.16. The molecule has 1 rings (SSSR count). The zero-order valence-electron chi connectivity index (χ0n) is 11.1. The molecule has 5 heteroatoms. The Balaban J connectivity index is 2.68. The number of aliphatic hydroxyl groups is 1. The highest BCUT2D eigenvalue weighted by Gasteiger charge is 2.17. The summed E-state index contributed by atoms with van der Waals surface area (Å²) in [4.78, 5) is 15.7. The van der Waals surface area contributed by atoms with E-state index in [9.17, 15) is 4.79 Å². The summed E-state index contributed by atoms with van der Waals surface area (Å²) in [7, 11) is 0. The van der Waals surface area contributed by atoms with Crippen molar-refractivity contribution in [2.75, 3.05) is 11.9 Å². The Kier molecular flexibility index (Phi) is 5.09. The number of nitrogens with one attached hydrogen (secondary N) is 1. The standard InChI is InChI=1S/C13H20N2O3/c1-13(2,3)18-12(17)15-11-10(7-5-9-16)6-4-8-14-11/h4,6,8,16H,5,7,9H2,1-3H3,(H,14,15,17). The van der Waals surface area contributed by atoms with Gasteiger partial charge in [-0.3, -0.25) is 5.32 Å². The number of hydrogen-bond acceptors (Lipinski definition) is 4. The molecule has 100 valence electrons. The Morgan fingerprint density at radius 3 is 2.83 bits per heavy atom. The largest absolute Gasteiger partial charge is 0.444 e. The molecule has 0 aliphatic heterocycles. The van der Waals surface area contributed by atoms with Crippen LogP contribution < -0.4 is 5.32 Å². The van der Waals surface area contributed by atoms with Crippen molar-refractivity contribution in [1.82, 2.24) is 4.98 Å². The smallest absolute Gasteiger partial charge is 0.413 e. The number of anilines is 1. The lowest BCUT2D eigenvalue weighted by molar-refractivity contribution is 0.0635. The zero-order chi connectivity index (χ0) is 13.6. The van der Waals surface area contributed by atoms with Gasteiger partial charge in [-0.1, -0.05) is 6.07 Å². The van der Waals surface area contributed by atoms with Crippen molar-refractivity contribution in [3.8, 4) is 0 Å². The van der Waals surface area contributed by atoms with Crippen molar-refractivity contribution in [2.45, 2.75) is 39.2 Å². The van der Waals surface area contributed by atoms with Gasteiger partial charge in [-0.2, -0.15) is 0 Å². The third kappa shape index (κ3) is 5.14. The predicted molar refractivity (Wildman–Crippen MR) is 69.5 cm³/mol. The van der Waals surface area contributed by atoms with Gasteiger partial charge in [0.1, 0.15) is 11.4 Å². The van der Waals surface area contributed by atoms with E-state index in [1.165, 1.54) is 0 Å². The van der Waals surface area contributed by atoms with E-state index in [2.05, 4.69) is 10.3 Å². The second kappa shape index (κ2) is 6.35. The molecule has 0 atom stereocenters. The van der Waals surface area contributed by atoms with Crippen LogP contribution in [0.2, 0.25) is 0 Å². The molecule has 0 spiro atoms. The van der Waals surface area contributed by atoms with Gasteiger partial charge in [-0.05, 0) is 45.2 Å². The molecule has 0 bridgehead atoms. The molecule has 0 aliphatic rings. The normalized spacial score (nSPS) is 11.1. The topological polar surface area (TPSA) is 71.5 Å². The molecule has 1 heterocycles. The van der Waals surface area contributed by atoms with E-state index < -0.39 is 11.7 Å². The first-order valence-electron chi connectivity index (χ1n) is 5.97. The molecule has 0 saturated carbocycles. The Labute approximate surface area is 107 Å². The zero-order valence-corrected chi connectivity index (χ0v) is 11.1. The lowest BCUT2D eigenvalue weighted by atomic mass is 10.1. The van der Waals surface area contributed by atoms with Crippen molar-refractivity contribution < 1.29 is 14.6 Å². The highest BCUT2D eigenvalue weighted by molar-refractivity contribution is 5.84. The van der Waals surface area contributed by atoms with Crippen LogP contribution in [-0.2, 0) is 11.2 Å². The number of carbonyl (C=O) groups excluding carboxylic acids is 1. The predicted octanol–water partition coefficient (Wildman–Crippen LogP) is 2.35. The summed E-state index contributed by atoms with van der Waals surface area (Å²) in [5.74, 6) is 0.486. The number of pyridine rings is 1. The molecule has 5 nitrogen and oxygen atoms in total. The molecule has 2 N–H and O–H groups in total. The number of nitrogens with zero attached hydrogens (tertiary/aromatic N) is 1. The number of aryl methyl sites for hydroxylation is 1. The number of amides is 1. The first kappa shape index (κ1) is 14.4. The molecule has 18 heavy (non-hydrogen) atoms. The number of aromatic nitrogens is 1. The number of rotatable bonds is 4. The summed E-state index contributed by atoms with van der Waals surface area (Å²) in [5, 5.41) is 11.4. The summed E-state index contributed by atoms with van der Waals surface area (Å²) >= 11 is 0. The maximum Gasteiger partial charge on any atom is 0.413 e. The van der Waals surface area contributed by atoms with E-state index in [0.717, 1.165) is 5.56 Å². The maximum atomic E-state index is 11.6. The summed E-state index contributed by atoms with van der Waals surface area (Å²) in [5.41, 5.74) is 0.349. The molecule has 1 aromatic rings. The highest BCUT2D eigenvalue weighted by atomic mass is 16.6. The molecular formula is C13H20N2O3. The first-order valence-corrected chi connectivity index (χ1v) is 5.97. The monoisotopic (exact) mass is 252 g/mol. The van der Waals surface area contributed by atoms with Crippen molar-refractivity contribution in [1.29, 1.82) is 0 Å². The van der Waals surface area contributed by atoms with Gasteiger partial charge in [0.15, 0.2) is 0 Å². The first-order chi connectivity index (χ1) is 8.42. The quantitative estimate of drug-likeness (QED) is 0.862. The van der Waals surface area contributed by atoms with Crippen LogP contribution in [-0.4, -0.2) is 28.4 Å². The fourth-order valence-corrected chi connectivity index (χ4v) is 1.42. The minimum Gasteiger partial charge on any atom is -0.444 e. The molecule has 1 amide bonds. The van der Waals surface area contributed by atoms with Crippen molar-refractivity contribution >= 4 is 11.9 Å². The average molecular weight is 252 g/mol. The van der Waals surface area contributed by atoms with E-state index in [1.54, 1.807) is 33.0 Å². The highest BCUT2D eigenvalue weighted by Crippen LogP contribution is 2.15. The average Bonchev–Trinajstić information content (AvgIpc) is 2.25. The number of carbonyl (C=O) groups is 1. The van der Waals surface area contributed by atoms with Gasteiger partial charge in [-0.15, -0.1) is 0 Å². The van der Waals surface area contributed by atoms with E-state index in [0.29, 0.717) is 18.7 Å². The number of aliphatic hydroxyl groups excluding tert-OH is 1. The Bertz CT molecular complexity index is 399. The lowest BCUT2D eigenvalue weighted by Gasteiger charge is -2.20. The summed E-state index contributed by atoms with van der Waals surface area (Å²) in [6.45, 7) is 5.52. The third-order valence-electron chi connectivity index (χ3n) is 2.11. The Morgan fingerprint density at radius 2 is 2.22 bits per heavy atom. The molecule has 0 aliphatic carbocycles. The molecule has 1 aromatic heterocycles. The van der Waals surface area contributed by atoms with E-state index in [4.69, 9.17) is 9.84 Å². The molecule has 0 saturated heterocycles. The van der Waals surface area contributed by atoms with Crippen molar-refractivity contribution in [3.63, 3.8) is 0 Å². The van der Waals surface area contributed by atoms with Gasteiger partial charge >= 0.3 is 6.09 Å². The van der Waals surface area contributed by atoms with E-state index in [-0.39, 0.29) is 6.61 Å². The molecule has 0 fully saturated rings. The van der Waals surface area contributed by atoms with Gasteiger partial charge in [0.25, 0.3) is 0 Å². The van der Waals surface area contributed by atoms with Gasteiger partial charge in [0, 0.05) is 12.8 Å². The minimum absolute atomic E-state index is 0.112.